The van der Waals surface area contributed by atoms with Crippen molar-refractivity contribution in [2.75, 3.05) is 0 Å². The van der Waals surface area contributed by atoms with Crippen molar-refractivity contribution in [2.45, 2.75) is 29.8 Å². The van der Waals surface area contributed by atoms with Crippen LogP contribution in [0.15, 0.2) is 53.7 Å². The van der Waals surface area contributed by atoms with Crippen molar-refractivity contribution >= 4 is 34.1 Å². The number of benzene rings is 2. The van der Waals surface area contributed by atoms with Crippen LogP contribution in [0.5, 0.6) is 0 Å². The number of thioether (sulfide) groups is 1. The predicted molar refractivity (Wildman–Crippen MR) is 105 cm³/mol. The first-order chi connectivity index (χ1) is 12.3. The van der Waals surface area contributed by atoms with Gasteiger partial charge in [-0.1, -0.05) is 23.7 Å². The second-order valence-corrected chi connectivity index (χ2v) is 8.59. The first-order valence-corrected chi connectivity index (χ1v) is 9.14. The smallest absolute Gasteiger partial charge is 0.166 e. The van der Waals surface area contributed by atoms with Gasteiger partial charge in [-0.25, -0.2) is 0 Å². The summed E-state index contributed by atoms with van der Waals surface area (Å²) in [5.74, 6) is 0. The largest absolute Gasteiger partial charge is 0.367 e. The maximum Gasteiger partial charge on any atom is 0.166 e. The first-order valence-electron chi connectivity index (χ1n) is 7.95. The van der Waals surface area contributed by atoms with Gasteiger partial charge in [0.2, 0.25) is 0 Å². The van der Waals surface area contributed by atoms with Crippen molar-refractivity contribution < 1.29 is 10.2 Å². The van der Waals surface area contributed by atoms with E-state index in [9.17, 15) is 10.2 Å². The van der Waals surface area contributed by atoms with Crippen LogP contribution in [-0.2, 0) is 0 Å². The molecule has 0 bridgehead atoms. The SMILES string of the molecule is CC(C)(Sc1ccc2cncc(-c3ccc(C#N)cc3Cl)c2c1)C(O)O. The van der Waals surface area contributed by atoms with Gasteiger partial charge in [0.15, 0.2) is 6.29 Å². The Hall–Kier alpha value is -2.10. The summed E-state index contributed by atoms with van der Waals surface area (Å²) in [5.41, 5.74) is 2.16. The summed E-state index contributed by atoms with van der Waals surface area (Å²) in [4.78, 5) is 5.20. The van der Waals surface area contributed by atoms with Gasteiger partial charge in [-0.05, 0) is 43.5 Å². The number of hydrogen-bond donors (Lipinski definition) is 2. The third-order valence-electron chi connectivity index (χ3n) is 4.12. The minimum atomic E-state index is -1.44. The van der Waals surface area contributed by atoms with Crippen LogP contribution in [0.1, 0.15) is 19.4 Å². The number of hydrogen-bond acceptors (Lipinski definition) is 5. The molecule has 0 fully saturated rings. The van der Waals surface area contributed by atoms with Crippen LogP contribution in [0.4, 0.5) is 0 Å². The molecule has 0 amide bonds. The third kappa shape index (κ3) is 3.69. The van der Waals surface area contributed by atoms with Crippen molar-refractivity contribution in [1.82, 2.24) is 4.98 Å². The number of fused-ring (bicyclic) bond motifs is 1. The van der Waals surface area contributed by atoms with Crippen LogP contribution in [0.25, 0.3) is 21.9 Å². The number of nitrogens with zero attached hydrogens (tertiary/aromatic N) is 2. The number of rotatable bonds is 4. The lowest BCUT2D eigenvalue weighted by Crippen LogP contribution is -2.32. The maximum absolute atomic E-state index is 9.55. The highest BCUT2D eigenvalue weighted by Gasteiger charge is 2.27. The molecular weight excluding hydrogens is 368 g/mol. The van der Waals surface area contributed by atoms with Crippen molar-refractivity contribution in [3.05, 3.63) is 59.4 Å². The van der Waals surface area contributed by atoms with E-state index in [0.717, 1.165) is 26.8 Å². The molecule has 0 aliphatic rings. The molecule has 0 radical (unpaired) electrons. The number of aromatic nitrogens is 1. The molecule has 3 rings (SSSR count). The summed E-state index contributed by atoms with van der Waals surface area (Å²) in [5, 5.41) is 30.5. The highest BCUT2D eigenvalue weighted by Crippen LogP contribution is 2.39. The Labute approximate surface area is 161 Å². The van der Waals surface area contributed by atoms with Crippen molar-refractivity contribution in [3.63, 3.8) is 0 Å². The number of aliphatic hydroxyl groups is 2. The van der Waals surface area contributed by atoms with E-state index in [0.29, 0.717) is 10.6 Å². The van der Waals surface area contributed by atoms with E-state index in [1.807, 2.05) is 24.3 Å². The molecule has 0 saturated heterocycles. The molecule has 1 heterocycles. The topological polar surface area (TPSA) is 77.1 Å². The molecule has 2 aromatic carbocycles. The van der Waals surface area contributed by atoms with Crippen LogP contribution < -0.4 is 0 Å². The van der Waals surface area contributed by atoms with Gasteiger partial charge in [0.25, 0.3) is 0 Å². The molecule has 1 aromatic heterocycles. The van der Waals surface area contributed by atoms with E-state index in [1.54, 1.807) is 38.4 Å². The average molecular weight is 385 g/mol. The quantitative estimate of drug-likeness (QED) is 0.507. The second kappa shape index (κ2) is 7.26. The monoisotopic (exact) mass is 384 g/mol. The van der Waals surface area contributed by atoms with E-state index < -0.39 is 11.0 Å². The van der Waals surface area contributed by atoms with Gasteiger partial charge >= 0.3 is 0 Å². The van der Waals surface area contributed by atoms with Crippen LogP contribution in [0.3, 0.4) is 0 Å². The van der Waals surface area contributed by atoms with Gasteiger partial charge in [0.05, 0.1) is 16.4 Å². The second-order valence-electron chi connectivity index (χ2n) is 6.46. The zero-order valence-corrected chi connectivity index (χ0v) is 15.8. The van der Waals surface area contributed by atoms with Gasteiger partial charge in [-0.3, -0.25) is 4.98 Å². The number of halogens is 1. The van der Waals surface area contributed by atoms with E-state index in [4.69, 9.17) is 16.9 Å². The zero-order chi connectivity index (χ0) is 18.9. The van der Waals surface area contributed by atoms with Crippen LogP contribution in [0.2, 0.25) is 5.02 Å². The molecule has 26 heavy (non-hydrogen) atoms. The summed E-state index contributed by atoms with van der Waals surface area (Å²) in [7, 11) is 0. The first kappa shape index (κ1) is 18.7. The molecule has 0 unspecified atom stereocenters. The van der Waals surface area contributed by atoms with Gasteiger partial charge in [-0.2, -0.15) is 5.26 Å². The van der Waals surface area contributed by atoms with E-state index >= 15 is 0 Å². The van der Waals surface area contributed by atoms with Crippen molar-refractivity contribution in [3.8, 4) is 17.2 Å². The molecule has 3 aromatic rings. The lowest BCUT2D eigenvalue weighted by Gasteiger charge is -2.26. The molecule has 2 N–H and O–H groups in total. The molecule has 0 saturated carbocycles. The Balaban J connectivity index is 2.12. The molecule has 0 aliphatic carbocycles. The summed E-state index contributed by atoms with van der Waals surface area (Å²) in [6.07, 6.45) is 2.08. The Bertz CT molecular complexity index is 1010. The Morgan fingerprint density at radius 1 is 1.12 bits per heavy atom. The summed E-state index contributed by atoms with van der Waals surface area (Å²) >= 11 is 7.77. The fourth-order valence-electron chi connectivity index (χ4n) is 2.58. The fraction of sp³-hybridized carbons (Fsp3) is 0.200. The van der Waals surface area contributed by atoms with Gasteiger partial charge in [-0.15, -0.1) is 11.8 Å². The lowest BCUT2D eigenvalue weighted by atomic mass is 10.00. The summed E-state index contributed by atoms with van der Waals surface area (Å²) in [6, 6.07) is 13.1. The standard InChI is InChI=1S/C20H17ClN2O2S/c1-20(2,19(24)25)26-14-5-4-13-10-23-11-17(16(13)8-14)15-6-3-12(9-22)7-18(15)21/h3-8,10-11,19,24-25H,1-2H3. The summed E-state index contributed by atoms with van der Waals surface area (Å²) in [6.45, 7) is 3.55. The molecule has 4 nitrogen and oxygen atoms in total. The van der Waals surface area contributed by atoms with Crippen LogP contribution >= 0.6 is 23.4 Å². The molecule has 0 atom stereocenters. The lowest BCUT2D eigenvalue weighted by molar-refractivity contribution is -0.0606. The van der Waals surface area contributed by atoms with Gasteiger partial charge < -0.3 is 10.2 Å². The van der Waals surface area contributed by atoms with E-state index in [2.05, 4.69) is 11.1 Å². The molecule has 6 heteroatoms. The third-order valence-corrected chi connectivity index (χ3v) is 5.66. The molecule has 132 valence electrons. The minimum Gasteiger partial charge on any atom is -0.367 e. The van der Waals surface area contributed by atoms with Crippen molar-refractivity contribution in [2.24, 2.45) is 0 Å². The summed E-state index contributed by atoms with van der Waals surface area (Å²) < 4.78 is -0.743. The predicted octanol–water partition coefficient (Wildman–Crippen LogP) is 4.61. The molecule has 0 spiro atoms. The average Bonchev–Trinajstić information content (AvgIpc) is 2.60. The molecular formula is C20H17ClN2O2S. The Morgan fingerprint density at radius 2 is 1.88 bits per heavy atom. The van der Waals surface area contributed by atoms with Gasteiger partial charge in [0.1, 0.15) is 0 Å². The highest BCUT2D eigenvalue weighted by molar-refractivity contribution is 8.00. The Kier molecular flexibility index (Phi) is 5.22. The number of pyridine rings is 1. The zero-order valence-electron chi connectivity index (χ0n) is 14.3. The molecule has 0 aliphatic heterocycles. The van der Waals surface area contributed by atoms with Crippen LogP contribution in [-0.4, -0.2) is 26.2 Å². The minimum absolute atomic E-state index is 0.488. The Morgan fingerprint density at radius 3 is 2.54 bits per heavy atom. The number of nitriles is 1. The van der Waals surface area contributed by atoms with E-state index in [1.165, 1.54) is 11.8 Å². The van der Waals surface area contributed by atoms with Gasteiger partial charge in [0, 0.05) is 38.8 Å². The van der Waals surface area contributed by atoms with Crippen molar-refractivity contribution in [1.29, 1.82) is 5.26 Å². The van der Waals surface area contributed by atoms with Crippen LogP contribution in [0, 0.1) is 11.3 Å². The fourth-order valence-corrected chi connectivity index (χ4v) is 3.89. The number of aliphatic hydroxyl groups excluding tert-OH is 1. The normalized spacial score (nSPS) is 11.7. The maximum atomic E-state index is 9.55. The van der Waals surface area contributed by atoms with E-state index in [-0.39, 0.29) is 0 Å². The highest BCUT2D eigenvalue weighted by atomic mass is 35.5.